The molecular formula is C17H27N3O. The average Bonchev–Trinajstić information content (AvgIpc) is 2.49. The van der Waals surface area contributed by atoms with Crippen LogP contribution in [0.25, 0.3) is 0 Å². The molecule has 1 amide bonds. The predicted octanol–water partition coefficient (Wildman–Crippen LogP) is 2.07. The molecule has 1 saturated heterocycles. The fourth-order valence-corrected chi connectivity index (χ4v) is 3.08. The summed E-state index contributed by atoms with van der Waals surface area (Å²) < 4.78 is 0. The summed E-state index contributed by atoms with van der Waals surface area (Å²) in [5, 5.41) is 3.80. The Morgan fingerprint density at radius 1 is 1.33 bits per heavy atom. The number of hydrogen-bond donors (Lipinski definition) is 2. The van der Waals surface area contributed by atoms with E-state index in [2.05, 4.69) is 47.5 Å². The second-order valence-electron chi connectivity index (χ2n) is 5.94. The number of primary amides is 1. The van der Waals surface area contributed by atoms with E-state index >= 15 is 0 Å². The minimum atomic E-state index is -0.227. The Hall–Kier alpha value is -1.39. The Labute approximate surface area is 127 Å². The molecule has 2 rings (SSSR count). The van der Waals surface area contributed by atoms with E-state index in [1.54, 1.807) is 0 Å². The molecule has 0 aromatic heterocycles. The van der Waals surface area contributed by atoms with E-state index in [-0.39, 0.29) is 5.91 Å². The number of nitrogens with one attached hydrogen (secondary N) is 1. The van der Waals surface area contributed by atoms with Crippen molar-refractivity contribution in [3.8, 4) is 0 Å². The van der Waals surface area contributed by atoms with Crippen LogP contribution in [-0.2, 0) is 4.79 Å². The average molecular weight is 289 g/mol. The molecule has 1 heterocycles. The highest BCUT2D eigenvalue weighted by Gasteiger charge is 2.22. The number of amides is 1. The van der Waals surface area contributed by atoms with Crippen molar-refractivity contribution in [2.24, 2.45) is 5.73 Å². The first kappa shape index (κ1) is 16.0. The molecular weight excluding hydrogens is 262 g/mol. The van der Waals surface area contributed by atoms with Crippen molar-refractivity contribution in [2.75, 3.05) is 19.6 Å². The van der Waals surface area contributed by atoms with E-state index in [0.29, 0.717) is 18.6 Å². The number of nitrogens with zero attached hydrogens (tertiary/aromatic N) is 1. The zero-order valence-corrected chi connectivity index (χ0v) is 12.9. The maximum atomic E-state index is 11.0. The van der Waals surface area contributed by atoms with Gasteiger partial charge in [-0.2, -0.15) is 0 Å². The summed E-state index contributed by atoms with van der Waals surface area (Å²) in [6.45, 7) is 4.53. The largest absolute Gasteiger partial charge is 0.369 e. The van der Waals surface area contributed by atoms with Gasteiger partial charge in [-0.1, -0.05) is 43.7 Å². The lowest BCUT2D eigenvalue weighted by molar-refractivity contribution is -0.119. The number of nitrogens with two attached hydrogens (primary N) is 1. The summed E-state index contributed by atoms with van der Waals surface area (Å²) in [7, 11) is 0. The van der Waals surface area contributed by atoms with Gasteiger partial charge in [-0.05, 0) is 24.8 Å². The fourth-order valence-electron chi connectivity index (χ4n) is 3.08. The maximum Gasteiger partial charge on any atom is 0.231 e. The van der Waals surface area contributed by atoms with Crippen molar-refractivity contribution in [3.05, 3.63) is 35.9 Å². The third-order valence-electron chi connectivity index (χ3n) is 4.18. The van der Waals surface area contributed by atoms with Gasteiger partial charge in [-0.3, -0.25) is 9.69 Å². The summed E-state index contributed by atoms with van der Waals surface area (Å²) in [6, 6.07) is 11.7. The molecule has 0 bridgehead atoms. The van der Waals surface area contributed by atoms with Crippen LogP contribution in [0.4, 0.5) is 0 Å². The molecule has 1 fully saturated rings. The van der Waals surface area contributed by atoms with Crippen molar-refractivity contribution >= 4 is 5.91 Å². The van der Waals surface area contributed by atoms with Gasteiger partial charge in [-0.15, -0.1) is 0 Å². The van der Waals surface area contributed by atoms with Crippen molar-refractivity contribution in [1.29, 1.82) is 0 Å². The van der Waals surface area contributed by atoms with E-state index in [9.17, 15) is 4.79 Å². The highest BCUT2D eigenvalue weighted by molar-refractivity contribution is 5.75. The zero-order chi connectivity index (χ0) is 15.1. The van der Waals surface area contributed by atoms with Gasteiger partial charge in [0.25, 0.3) is 0 Å². The van der Waals surface area contributed by atoms with Crippen LogP contribution in [0.2, 0.25) is 0 Å². The van der Waals surface area contributed by atoms with Crippen LogP contribution in [0.3, 0.4) is 0 Å². The van der Waals surface area contributed by atoms with Gasteiger partial charge in [0.1, 0.15) is 0 Å². The standard InChI is InChI=1S/C17H27N3O/c1-2-6-16(14-7-4-3-5-8-14)19-15-9-11-20(12-10-15)13-17(18)21/h3-5,7-8,15-16,19H,2,6,9-13H2,1H3,(H2,18,21). The number of rotatable bonds is 7. The normalized spacial score (nSPS) is 18.5. The molecule has 0 radical (unpaired) electrons. The summed E-state index contributed by atoms with van der Waals surface area (Å²) in [5.74, 6) is -0.227. The monoisotopic (exact) mass is 289 g/mol. The van der Waals surface area contributed by atoms with Gasteiger partial charge in [0, 0.05) is 25.2 Å². The lowest BCUT2D eigenvalue weighted by Gasteiger charge is -2.34. The topological polar surface area (TPSA) is 58.4 Å². The number of likely N-dealkylation sites (tertiary alicyclic amines) is 1. The third-order valence-corrected chi connectivity index (χ3v) is 4.18. The van der Waals surface area contributed by atoms with Crippen LogP contribution in [-0.4, -0.2) is 36.5 Å². The van der Waals surface area contributed by atoms with Crippen molar-refractivity contribution in [2.45, 2.75) is 44.7 Å². The first-order chi connectivity index (χ1) is 10.2. The Balaban J connectivity index is 1.86. The van der Waals surface area contributed by atoms with E-state index in [0.717, 1.165) is 32.4 Å². The Morgan fingerprint density at radius 2 is 2.00 bits per heavy atom. The molecule has 0 saturated carbocycles. The number of benzene rings is 1. The molecule has 21 heavy (non-hydrogen) atoms. The second-order valence-corrected chi connectivity index (χ2v) is 5.94. The fraction of sp³-hybridized carbons (Fsp3) is 0.588. The molecule has 4 heteroatoms. The van der Waals surface area contributed by atoms with Crippen molar-refractivity contribution in [3.63, 3.8) is 0 Å². The van der Waals surface area contributed by atoms with E-state index in [1.165, 1.54) is 12.0 Å². The summed E-state index contributed by atoms with van der Waals surface area (Å²) in [4.78, 5) is 13.1. The van der Waals surface area contributed by atoms with Crippen LogP contribution < -0.4 is 11.1 Å². The molecule has 1 aliphatic rings. The van der Waals surface area contributed by atoms with Gasteiger partial charge < -0.3 is 11.1 Å². The first-order valence-electron chi connectivity index (χ1n) is 8.00. The SMILES string of the molecule is CCCC(NC1CCN(CC(N)=O)CC1)c1ccccc1. The van der Waals surface area contributed by atoms with Crippen molar-refractivity contribution in [1.82, 2.24) is 10.2 Å². The molecule has 1 unspecified atom stereocenters. The summed E-state index contributed by atoms with van der Waals surface area (Å²) >= 11 is 0. The van der Waals surface area contributed by atoms with Gasteiger partial charge in [0.05, 0.1) is 6.54 Å². The molecule has 1 aliphatic heterocycles. The number of piperidine rings is 1. The second kappa shape index (κ2) is 8.15. The summed E-state index contributed by atoms with van der Waals surface area (Å²) in [5.41, 5.74) is 6.63. The zero-order valence-electron chi connectivity index (χ0n) is 12.9. The smallest absolute Gasteiger partial charge is 0.231 e. The van der Waals surface area contributed by atoms with Gasteiger partial charge in [0.2, 0.25) is 5.91 Å². The quantitative estimate of drug-likeness (QED) is 0.808. The molecule has 4 nitrogen and oxygen atoms in total. The highest BCUT2D eigenvalue weighted by atomic mass is 16.1. The van der Waals surface area contributed by atoms with Crippen LogP contribution in [0.1, 0.15) is 44.2 Å². The van der Waals surface area contributed by atoms with Gasteiger partial charge >= 0.3 is 0 Å². The van der Waals surface area contributed by atoms with Gasteiger partial charge in [0.15, 0.2) is 0 Å². The van der Waals surface area contributed by atoms with E-state index < -0.39 is 0 Å². The molecule has 1 aromatic rings. The number of hydrogen-bond acceptors (Lipinski definition) is 3. The minimum Gasteiger partial charge on any atom is -0.369 e. The maximum absolute atomic E-state index is 11.0. The first-order valence-corrected chi connectivity index (χ1v) is 8.00. The Bertz CT molecular complexity index is 427. The highest BCUT2D eigenvalue weighted by Crippen LogP contribution is 2.21. The van der Waals surface area contributed by atoms with E-state index in [1.807, 2.05) is 0 Å². The minimum absolute atomic E-state index is 0.227. The Kier molecular flexibility index (Phi) is 6.21. The van der Waals surface area contributed by atoms with Crippen LogP contribution in [0.5, 0.6) is 0 Å². The lowest BCUT2D eigenvalue weighted by atomic mass is 9.98. The van der Waals surface area contributed by atoms with Crippen LogP contribution >= 0.6 is 0 Å². The molecule has 0 aliphatic carbocycles. The van der Waals surface area contributed by atoms with Gasteiger partial charge in [-0.25, -0.2) is 0 Å². The third kappa shape index (κ3) is 5.14. The van der Waals surface area contributed by atoms with Crippen molar-refractivity contribution < 1.29 is 4.79 Å². The lowest BCUT2D eigenvalue weighted by Crippen LogP contribution is -2.46. The molecule has 116 valence electrons. The van der Waals surface area contributed by atoms with Crippen LogP contribution in [0, 0.1) is 0 Å². The summed E-state index contributed by atoms with van der Waals surface area (Å²) in [6.07, 6.45) is 4.50. The molecule has 0 spiro atoms. The Morgan fingerprint density at radius 3 is 2.57 bits per heavy atom. The van der Waals surface area contributed by atoms with E-state index in [4.69, 9.17) is 5.73 Å². The predicted molar refractivity (Wildman–Crippen MR) is 85.9 cm³/mol. The van der Waals surface area contributed by atoms with Crippen LogP contribution in [0.15, 0.2) is 30.3 Å². The number of carbonyl (C=O) groups excluding carboxylic acids is 1. The number of carbonyl (C=O) groups is 1. The molecule has 3 N–H and O–H groups in total. The molecule has 1 aromatic carbocycles. The molecule has 1 atom stereocenters.